The van der Waals surface area contributed by atoms with Gasteiger partial charge >= 0.3 is 0 Å². The number of nitrogens with zero attached hydrogens (tertiary/aromatic N) is 4. The van der Waals surface area contributed by atoms with Crippen LogP contribution >= 0.6 is 0 Å². The Morgan fingerprint density at radius 1 is 1.00 bits per heavy atom. The van der Waals surface area contributed by atoms with E-state index in [1.807, 2.05) is 55.5 Å². The first-order chi connectivity index (χ1) is 15.6. The van der Waals surface area contributed by atoms with Gasteiger partial charge in [-0.25, -0.2) is 4.68 Å². The number of methoxy groups -OCH3 is 1. The molecule has 0 spiro atoms. The predicted molar refractivity (Wildman–Crippen MR) is 127 cm³/mol. The summed E-state index contributed by atoms with van der Waals surface area (Å²) < 4.78 is 7.04. The van der Waals surface area contributed by atoms with Crippen molar-refractivity contribution in [3.8, 4) is 11.4 Å². The van der Waals surface area contributed by atoms with Crippen LogP contribution in [0.15, 0.2) is 60.7 Å². The first kappa shape index (κ1) is 21.9. The van der Waals surface area contributed by atoms with E-state index in [0.29, 0.717) is 12.2 Å². The van der Waals surface area contributed by atoms with Crippen LogP contribution in [0, 0.1) is 6.92 Å². The number of para-hydroxylation sites is 1. The number of amides is 1. The standard InChI is InChI=1S/C25H31N5O2/c1-20-19-24(27-30(20)22-7-4-3-5-8-22)25(31)26-13-6-14-28-15-17-29(18-16-28)21-9-11-23(32-2)12-10-21/h3-5,7-12,19H,6,13-18H2,1-2H3,(H,26,31). The maximum Gasteiger partial charge on any atom is 0.271 e. The van der Waals surface area contributed by atoms with Crippen molar-refractivity contribution in [3.05, 3.63) is 72.1 Å². The molecule has 32 heavy (non-hydrogen) atoms. The minimum Gasteiger partial charge on any atom is -0.497 e. The van der Waals surface area contributed by atoms with Crippen LogP contribution in [-0.4, -0.2) is 67.0 Å². The third kappa shape index (κ3) is 5.29. The van der Waals surface area contributed by atoms with Crippen LogP contribution < -0.4 is 15.0 Å². The fourth-order valence-corrected chi connectivity index (χ4v) is 4.03. The lowest BCUT2D eigenvalue weighted by molar-refractivity contribution is 0.0946. The fourth-order valence-electron chi connectivity index (χ4n) is 4.03. The molecule has 168 valence electrons. The molecule has 2 aromatic carbocycles. The molecule has 1 aliphatic rings. The normalized spacial score (nSPS) is 14.4. The number of aryl methyl sites for hydroxylation is 1. The van der Waals surface area contributed by atoms with Gasteiger partial charge in [-0.2, -0.15) is 5.10 Å². The molecule has 0 unspecified atom stereocenters. The molecule has 2 heterocycles. The number of rotatable bonds is 8. The van der Waals surface area contributed by atoms with Crippen LogP contribution in [0.5, 0.6) is 5.75 Å². The van der Waals surface area contributed by atoms with Crippen molar-refractivity contribution in [2.75, 3.05) is 51.3 Å². The number of aromatic nitrogens is 2. The number of nitrogens with one attached hydrogen (secondary N) is 1. The summed E-state index contributed by atoms with van der Waals surface area (Å²) in [7, 11) is 1.69. The molecule has 1 aliphatic heterocycles. The first-order valence-corrected chi connectivity index (χ1v) is 11.2. The molecule has 7 nitrogen and oxygen atoms in total. The minimum atomic E-state index is -0.118. The van der Waals surface area contributed by atoms with E-state index >= 15 is 0 Å². The summed E-state index contributed by atoms with van der Waals surface area (Å²) >= 11 is 0. The Kier molecular flexibility index (Phi) is 7.07. The Labute approximate surface area is 189 Å². The average Bonchev–Trinajstić information content (AvgIpc) is 3.24. The second-order valence-corrected chi connectivity index (χ2v) is 8.05. The van der Waals surface area contributed by atoms with Gasteiger partial charge in [-0.05, 0) is 62.4 Å². The van der Waals surface area contributed by atoms with Crippen molar-refractivity contribution in [1.29, 1.82) is 0 Å². The number of benzene rings is 2. The number of ether oxygens (including phenoxy) is 1. The first-order valence-electron chi connectivity index (χ1n) is 11.2. The summed E-state index contributed by atoms with van der Waals surface area (Å²) in [6.07, 6.45) is 0.923. The van der Waals surface area contributed by atoms with E-state index in [4.69, 9.17) is 4.74 Å². The zero-order valence-corrected chi connectivity index (χ0v) is 18.8. The van der Waals surface area contributed by atoms with Crippen LogP contribution in [0.25, 0.3) is 5.69 Å². The summed E-state index contributed by atoms with van der Waals surface area (Å²) in [5, 5.41) is 7.49. The highest BCUT2D eigenvalue weighted by Crippen LogP contribution is 2.20. The van der Waals surface area contributed by atoms with Crippen molar-refractivity contribution < 1.29 is 9.53 Å². The van der Waals surface area contributed by atoms with Crippen molar-refractivity contribution >= 4 is 11.6 Å². The topological polar surface area (TPSA) is 62.6 Å². The summed E-state index contributed by atoms with van der Waals surface area (Å²) in [6.45, 7) is 7.66. The smallest absolute Gasteiger partial charge is 0.271 e. The second-order valence-electron chi connectivity index (χ2n) is 8.05. The lowest BCUT2D eigenvalue weighted by Crippen LogP contribution is -2.47. The Morgan fingerprint density at radius 2 is 1.72 bits per heavy atom. The summed E-state index contributed by atoms with van der Waals surface area (Å²) in [4.78, 5) is 17.4. The Bertz CT molecular complexity index is 1010. The van der Waals surface area contributed by atoms with Gasteiger partial charge in [-0.1, -0.05) is 18.2 Å². The number of piperazine rings is 1. The summed E-state index contributed by atoms with van der Waals surface area (Å²) in [6, 6.07) is 19.9. The predicted octanol–water partition coefficient (Wildman–Crippen LogP) is 3.13. The van der Waals surface area contributed by atoms with Gasteiger partial charge in [0.1, 0.15) is 5.75 Å². The molecule has 0 radical (unpaired) electrons. The number of hydrogen-bond donors (Lipinski definition) is 1. The Morgan fingerprint density at radius 3 is 2.41 bits per heavy atom. The van der Waals surface area contributed by atoms with Crippen molar-refractivity contribution in [3.63, 3.8) is 0 Å². The van der Waals surface area contributed by atoms with Crippen LogP contribution in [0.3, 0.4) is 0 Å². The lowest BCUT2D eigenvalue weighted by atomic mass is 10.2. The third-order valence-electron chi connectivity index (χ3n) is 5.87. The van der Waals surface area contributed by atoms with E-state index < -0.39 is 0 Å². The van der Waals surface area contributed by atoms with Gasteiger partial charge in [-0.15, -0.1) is 0 Å². The van der Waals surface area contributed by atoms with E-state index in [2.05, 4.69) is 32.3 Å². The molecule has 1 saturated heterocycles. The molecule has 1 N–H and O–H groups in total. The number of carbonyl (C=O) groups excluding carboxylic acids is 1. The van der Waals surface area contributed by atoms with Crippen LogP contribution in [0.4, 0.5) is 5.69 Å². The molecular formula is C25H31N5O2. The van der Waals surface area contributed by atoms with E-state index in [-0.39, 0.29) is 5.91 Å². The maximum absolute atomic E-state index is 12.5. The Balaban J connectivity index is 1.19. The highest BCUT2D eigenvalue weighted by atomic mass is 16.5. The van der Waals surface area contributed by atoms with Crippen molar-refractivity contribution in [2.24, 2.45) is 0 Å². The van der Waals surface area contributed by atoms with E-state index in [0.717, 1.165) is 56.3 Å². The van der Waals surface area contributed by atoms with Gasteiger partial charge < -0.3 is 15.0 Å². The van der Waals surface area contributed by atoms with Crippen molar-refractivity contribution in [1.82, 2.24) is 20.0 Å². The molecule has 3 aromatic rings. The van der Waals surface area contributed by atoms with E-state index in [1.54, 1.807) is 11.8 Å². The van der Waals surface area contributed by atoms with Gasteiger partial charge in [0.2, 0.25) is 0 Å². The Hall–Kier alpha value is -3.32. The second kappa shape index (κ2) is 10.3. The van der Waals surface area contributed by atoms with E-state index in [1.165, 1.54) is 5.69 Å². The molecule has 0 saturated carbocycles. The number of anilines is 1. The number of hydrogen-bond acceptors (Lipinski definition) is 5. The van der Waals surface area contributed by atoms with Crippen LogP contribution in [0.2, 0.25) is 0 Å². The molecule has 0 aliphatic carbocycles. The summed E-state index contributed by atoms with van der Waals surface area (Å²) in [5.41, 5.74) is 3.59. The lowest BCUT2D eigenvalue weighted by Gasteiger charge is -2.36. The largest absolute Gasteiger partial charge is 0.497 e. The van der Waals surface area contributed by atoms with Gasteiger partial charge in [0.25, 0.3) is 5.91 Å². The van der Waals surface area contributed by atoms with Gasteiger partial charge in [0.05, 0.1) is 12.8 Å². The van der Waals surface area contributed by atoms with Gasteiger partial charge in [0, 0.05) is 44.1 Å². The fraction of sp³-hybridized carbons (Fsp3) is 0.360. The molecule has 1 aromatic heterocycles. The van der Waals surface area contributed by atoms with E-state index in [9.17, 15) is 4.79 Å². The zero-order valence-electron chi connectivity index (χ0n) is 18.8. The zero-order chi connectivity index (χ0) is 22.3. The molecule has 1 amide bonds. The quantitative estimate of drug-likeness (QED) is 0.553. The molecule has 0 bridgehead atoms. The molecular weight excluding hydrogens is 402 g/mol. The molecule has 4 rings (SSSR count). The van der Waals surface area contributed by atoms with Crippen LogP contribution in [0.1, 0.15) is 22.6 Å². The third-order valence-corrected chi connectivity index (χ3v) is 5.87. The van der Waals surface area contributed by atoms with Crippen molar-refractivity contribution in [2.45, 2.75) is 13.3 Å². The molecule has 1 fully saturated rings. The number of carbonyl (C=O) groups is 1. The van der Waals surface area contributed by atoms with Gasteiger partial charge in [0.15, 0.2) is 5.69 Å². The highest BCUT2D eigenvalue weighted by molar-refractivity contribution is 5.92. The SMILES string of the molecule is COc1ccc(N2CCN(CCCNC(=O)c3cc(C)n(-c4ccccc4)n3)CC2)cc1. The summed E-state index contributed by atoms with van der Waals surface area (Å²) in [5.74, 6) is 0.767. The maximum atomic E-state index is 12.5. The average molecular weight is 434 g/mol. The van der Waals surface area contributed by atoms with Gasteiger partial charge in [-0.3, -0.25) is 9.69 Å². The molecule has 7 heteroatoms. The monoisotopic (exact) mass is 433 g/mol. The van der Waals surface area contributed by atoms with Crippen LogP contribution in [-0.2, 0) is 0 Å². The molecule has 0 atom stereocenters. The highest BCUT2D eigenvalue weighted by Gasteiger charge is 2.17. The minimum absolute atomic E-state index is 0.118.